The van der Waals surface area contributed by atoms with Crippen molar-refractivity contribution in [2.75, 3.05) is 52.9 Å². The first-order valence-corrected chi connectivity index (χ1v) is 13.2. The average Bonchev–Trinajstić information content (AvgIpc) is 2.80. The Bertz CT molecular complexity index is 830. The number of rotatable bonds is 9. The predicted molar refractivity (Wildman–Crippen MR) is 125 cm³/mol. The second kappa shape index (κ2) is 11.4. The van der Waals surface area contributed by atoms with Gasteiger partial charge in [-0.15, -0.1) is 0 Å². The van der Waals surface area contributed by atoms with Crippen LogP contribution in [0.25, 0.3) is 0 Å². The third-order valence-electron chi connectivity index (χ3n) is 6.73. The predicted octanol–water partition coefficient (Wildman–Crippen LogP) is 1.77. The number of ether oxygens (including phenoxy) is 1. The molecule has 0 spiro atoms. The monoisotopic (exact) mass is 466 g/mol. The van der Waals surface area contributed by atoms with Gasteiger partial charge < -0.3 is 15.0 Å². The molecule has 32 heavy (non-hydrogen) atoms. The van der Waals surface area contributed by atoms with E-state index in [2.05, 4.69) is 24.1 Å². The van der Waals surface area contributed by atoms with Gasteiger partial charge in [0, 0.05) is 64.3 Å². The molecule has 0 radical (unpaired) electrons. The maximum absolute atomic E-state index is 13.5. The Labute approximate surface area is 192 Å². The molecule has 1 aromatic rings. The van der Waals surface area contributed by atoms with Crippen LogP contribution in [0.15, 0.2) is 29.2 Å². The highest BCUT2D eigenvalue weighted by atomic mass is 32.2. The van der Waals surface area contributed by atoms with E-state index in [1.807, 2.05) is 4.90 Å². The number of carbonyl (C=O) groups is 1. The van der Waals surface area contributed by atoms with Crippen molar-refractivity contribution in [3.8, 4) is 5.75 Å². The number of likely N-dealkylation sites (tertiary alicyclic amines) is 1. The zero-order valence-electron chi connectivity index (χ0n) is 19.6. The molecule has 0 unspecified atom stereocenters. The maximum atomic E-state index is 13.5. The molecule has 2 saturated heterocycles. The summed E-state index contributed by atoms with van der Waals surface area (Å²) >= 11 is 0. The van der Waals surface area contributed by atoms with E-state index in [0.29, 0.717) is 44.0 Å². The molecule has 9 heteroatoms. The van der Waals surface area contributed by atoms with E-state index < -0.39 is 10.0 Å². The molecule has 1 N–H and O–H groups in total. The van der Waals surface area contributed by atoms with Gasteiger partial charge in [0.1, 0.15) is 5.75 Å². The van der Waals surface area contributed by atoms with Crippen molar-refractivity contribution in [1.29, 1.82) is 0 Å². The van der Waals surface area contributed by atoms with Crippen molar-refractivity contribution in [1.82, 2.24) is 19.4 Å². The van der Waals surface area contributed by atoms with Crippen molar-refractivity contribution in [3.05, 3.63) is 24.3 Å². The quantitative estimate of drug-likeness (QED) is 0.597. The summed E-state index contributed by atoms with van der Waals surface area (Å²) in [5.41, 5.74) is 0. The number of amides is 1. The number of piperazine rings is 1. The van der Waals surface area contributed by atoms with Gasteiger partial charge in [0.05, 0.1) is 12.0 Å². The van der Waals surface area contributed by atoms with Crippen LogP contribution in [0.3, 0.4) is 0 Å². The average molecular weight is 467 g/mol. The van der Waals surface area contributed by atoms with Crippen LogP contribution in [-0.4, -0.2) is 93.4 Å². The lowest BCUT2D eigenvalue weighted by atomic mass is 9.98. The lowest BCUT2D eigenvalue weighted by Crippen LogP contribution is -2.49. The molecule has 8 nitrogen and oxygen atoms in total. The van der Waals surface area contributed by atoms with Gasteiger partial charge in [0.2, 0.25) is 15.9 Å². The van der Waals surface area contributed by atoms with Gasteiger partial charge in [-0.2, -0.15) is 4.31 Å². The highest BCUT2D eigenvalue weighted by Crippen LogP contribution is 2.24. The van der Waals surface area contributed by atoms with Crippen LogP contribution in [0.5, 0.6) is 5.75 Å². The first-order chi connectivity index (χ1) is 15.3. The van der Waals surface area contributed by atoms with Gasteiger partial charge >= 0.3 is 0 Å². The number of hydrogen-bond acceptors (Lipinski definition) is 6. The summed E-state index contributed by atoms with van der Waals surface area (Å²) in [6, 6.07) is 7.34. The number of sulfonamides is 1. The van der Waals surface area contributed by atoms with E-state index in [0.717, 1.165) is 25.9 Å². The van der Waals surface area contributed by atoms with E-state index in [4.69, 9.17) is 4.74 Å². The Kier molecular flexibility index (Phi) is 8.93. The summed E-state index contributed by atoms with van der Waals surface area (Å²) in [6.45, 7) is 8.57. The van der Waals surface area contributed by atoms with E-state index in [9.17, 15) is 13.2 Å². The minimum absolute atomic E-state index is 0.0149. The third-order valence-corrected chi connectivity index (χ3v) is 8.64. The van der Waals surface area contributed by atoms with Gasteiger partial charge in [0.25, 0.3) is 0 Å². The van der Waals surface area contributed by atoms with Crippen molar-refractivity contribution >= 4 is 15.9 Å². The Morgan fingerprint density at radius 3 is 2.31 bits per heavy atom. The third kappa shape index (κ3) is 6.21. The Balaban J connectivity index is 1.73. The molecule has 1 aromatic carbocycles. The summed E-state index contributed by atoms with van der Waals surface area (Å²) in [7, 11) is -2.17. The largest absolute Gasteiger partial charge is 0.497 e. The standard InChI is InChI=1S/C23H38N4O4S/c1-19-5-4-6-20(2)27(19)18-17-26(14-11-23(28)25-15-12-24-13-16-25)32(29,30)22-9-7-21(31-3)8-10-22/h7-10,19-20,24H,4-6,11-18H2,1-3H3/t19-,20+. The highest BCUT2D eigenvalue weighted by Gasteiger charge is 2.30. The van der Waals surface area contributed by atoms with Crippen LogP contribution in [0.2, 0.25) is 0 Å². The molecule has 2 aliphatic heterocycles. The lowest BCUT2D eigenvalue weighted by Gasteiger charge is -2.40. The summed E-state index contributed by atoms with van der Waals surface area (Å²) < 4.78 is 33.6. The molecular weight excluding hydrogens is 428 g/mol. The topological polar surface area (TPSA) is 82.2 Å². The lowest BCUT2D eigenvalue weighted by molar-refractivity contribution is -0.131. The van der Waals surface area contributed by atoms with Crippen LogP contribution in [0.1, 0.15) is 39.5 Å². The van der Waals surface area contributed by atoms with E-state index in [1.165, 1.54) is 10.7 Å². The van der Waals surface area contributed by atoms with Crippen molar-refractivity contribution in [2.45, 2.75) is 56.5 Å². The molecule has 0 saturated carbocycles. The smallest absolute Gasteiger partial charge is 0.243 e. The zero-order chi connectivity index (χ0) is 23.1. The fourth-order valence-electron chi connectivity index (χ4n) is 4.68. The SMILES string of the molecule is COc1ccc(S(=O)(=O)N(CCC(=O)N2CCNCC2)CCN2[C@H](C)CCC[C@@H]2C)cc1. The summed E-state index contributed by atoms with van der Waals surface area (Å²) in [4.78, 5) is 17.2. The van der Waals surface area contributed by atoms with E-state index in [1.54, 1.807) is 31.4 Å². The summed E-state index contributed by atoms with van der Waals surface area (Å²) in [5, 5.41) is 3.24. The van der Waals surface area contributed by atoms with Crippen LogP contribution in [0.4, 0.5) is 0 Å². The van der Waals surface area contributed by atoms with Crippen LogP contribution in [-0.2, 0) is 14.8 Å². The van der Waals surface area contributed by atoms with Gasteiger partial charge in [-0.25, -0.2) is 8.42 Å². The number of nitrogens with one attached hydrogen (secondary N) is 1. The van der Waals surface area contributed by atoms with Crippen molar-refractivity contribution in [2.24, 2.45) is 0 Å². The molecule has 0 bridgehead atoms. The minimum Gasteiger partial charge on any atom is -0.497 e. The minimum atomic E-state index is -3.72. The number of piperidine rings is 1. The molecule has 3 rings (SSSR count). The molecule has 2 aliphatic rings. The van der Waals surface area contributed by atoms with Crippen LogP contribution >= 0.6 is 0 Å². The Hall–Kier alpha value is -1.68. The number of benzene rings is 1. The van der Waals surface area contributed by atoms with Gasteiger partial charge in [-0.05, 0) is 51.0 Å². The zero-order valence-corrected chi connectivity index (χ0v) is 20.4. The maximum Gasteiger partial charge on any atom is 0.243 e. The molecule has 0 aliphatic carbocycles. The van der Waals surface area contributed by atoms with Gasteiger partial charge in [-0.3, -0.25) is 9.69 Å². The number of hydrogen-bond donors (Lipinski definition) is 1. The normalized spacial score (nSPS) is 22.8. The van der Waals surface area contributed by atoms with E-state index in [-0.39, 0.29) is 23.8 Å². The Morgan fingerprint density at radius 1 is 1.09 bits per heavy atom. The molecular formula is C23H38N4O4S. The molecule has 2 fully saturated rings. The second-order valence-electron chi connectivity index (χ2n) is 8.83. The molecule has 1 amide bonds. The fraction of sp³-hybridized carbons (Fsp3) is 0.696. The van der Waals surface area contributed by atoms with Gasteiger partial charge in [-0.1, -0.05) is 6.42 Å². The fourth-order valence-corrected chi connectivity index (χ4v) is 6.12. The van der Waals surface area contributed by atoms with Crippen molar-refractivity contribution in [3.63, 3.8) is 0 Å². The van der Waals surface area contributed by atoms with Crippen molar-refractivity contribution < 1.29 is 17.9 Å². The van der Waals surface area contributed by atoms with Crippen LogP contribution < -0.4 is 10.1 Å². The number of methoxy groups -OCH3 is 1. The number of carbonyl (C=O) groups excluding carboxylic acids is 1. The molecule has 2 heterocycles. The highest BCUT2D eigenvalue weighted by molar-refractivity contribution is 7.89. The second-order valence-corrected chi connectivity index (χ2v) is 10.8. The summed E-state index contributed by atoms with van der Waals surface area (Å²) in [5.74, 6) is 0.626. The first-order valence-electron chi connectivity index (χ1n) is 11.7. The number of nitrogens with zero attached hydrogens (tertiary/aromatic N) is 3. The first kappa shape index (κ1) is 25.0. The molecule has 0 aromatic heterocycles. The van der Waals surface area contributed by atoms with Crippen LogP contribution in [0, 0.1) is 0 Å². The molecule has 180 valence electrons. The molecule has 2 atom stereocenters. The van der Waals surface area contributed by atoms with E-state index >= 15 is 0 Å². The summed E-state index contributed by atoms with van der Waals surface area (Å²) in [6.07, 6.45) is 3.68. The van der Waals surface area contributed by atoms with Gasteiger partial charge in [0.15, 0.2) is 0 Å². The Morgan fingerprint density at radius 2 is 1.72 bits per heavy atom.